The molecule has 20 heavy (non-hydrogen) atoms. The Bertz CT molecular complexity index is 542. The van der Waals surface area contributed by atoms with Crippen LogP contribution in [0, 0.1) is 15.5 Å². The summed E-state index contributed by atoms with van der Waals surface area (Å²) in [6.45, 7) is 4.31. The number of carbonyl (C=O) groups is 1. The van der Waals surface area contributed by atoms with Crippen LogP contribution in [-0.4, -0.2) is 28.6 Å². The number of nitro benzene ring substituents is 1. The Balaban J connectivity index is 2.50. The number of anilines is 1. The van der Waals surface area contributed by atoms with Gasteiger partial charge in [0.25, 0.3) is 5.69 Å². The molecule has 1 heterocycles. The fourth-order valence-electron chi connectivity index (χ4n) is 2.98. The predicted molar refractivity (Wildman–Crippen MR) is 74.9 cm³/mol. The van der Waals surface area contributed by atoms with Gasteiger partial charge in [-0.2, -0.15) is 0 Å². The summed E-state index contributed by atoms with van der Waals surface area (Å²) in [5.74, 6) is -0.937. The van der Waals surface area contributed by atoms with Crippen molar-refractivity contribution in [3.05, 3.63) is 34.4 Å². The van der Waals surface area contributed by atoms with Crippen LogP contribution >= 0.6 is 0 Å². The zero-order valence-electron chi connectivity index (χ0n) is 11.6. The summed E-state index contributed by atoms with van der Waals surface area (Å²) in [6, 6.07) is 5.57. The van der Waals surface area contributed by atoms with Crippen molar-refractivity contribution in [2.45, 2.75) is 32.7 Å². The van der Waals surface area contributed by atoms with Gasteiger partial charge in [0.15, 0.2) is 0 Å². The van der Waals surface area contributed by atoms with Crippen molar-refractivity contribution in [3.63, 3.8) is 0 Å². The molecule has 1 fully saturated rings. The number of nitrogens with zero attached hydrogens (tertiary/aromatic N) is 2. The van der Waals surface area contributed by atoms with Crippen LogP contribution in [0.1, 0.15) is 26.7 Å². The standard InChI is InChI=1S/C14H18N2O4/c1-14(2)8-5-9-15(12(14)13(17)18)10-6-3-4-7-11(10)16(19)20/h3-4,6-7,12H,5,8-9H2,1-2H3,(H,17,18). The van der Waals surface area contributed by atoms with E-state index in [-0.39, 0.29) is 5.69 Å². The van der Waals surface area contributed by atoms with E-state index in [9.17, 15) is 20.0 Å². The number of para-hydroxylation sites is 2. The maximum Gasteiger partial charge on any atom is 0.326 e. The quantitative estimate of drug-likeness (QED) is 0.678. The molecular weight excluding hydrogens is 260 g/mol. The van der Waals surface area contributed by atoms with Gasteiger partial charge in [0.1, 0.15) is 11.7 Å². The first-order valence-electron chi connectivity index (χ1n) is 6.57. The average molecular weight is 278 g/mol. The van der Waals surface area contributed by atoms with Crippen molar-refractivity contribution in [1.82, 2.24) is 0 Å². The molecule has 2 rings (SSSR count). The average Bonchev–Trinajstić information content (AvgIpc) is 2.36. The van der Waals surface area contributed by atoms with Gasteiger partial charge in [-0.15, -0.1) is 0 Å². The van der Waals surface area contributed by atoms with E-state index in [1.807, 2.05) is 13.8 Å². The topological polar surface area (TPSA) is 83.7 Å². The summed E-state index contributed by atoms with van der Waals surface area (Å²) in [6.07, 6.45) is 1.62. The molecule has 0 radical (unpaired) electrons. The first kappa shape index (κ1) is 14.3. The van der Waals surface area contributed by atoms with Gasteiger partial charge in [0, 0.05) is 12.6 Å². The zero-order valence-corrected chi connectivity index (χ0v) is 11.6. The van der Waals surface area contributed by atoms with Crippen LogP contribution in [0.5, 0.6) is 0 Å². The monoisotopic (exact) mass is 278 g/mol. The lowest BCUT2D eigenvalue weighted by Crippen LogP contribution is -2.54. The summed E-state index contributed by atoms with van der Waals surface area (Å²) < 4.78 is 0. The number of hydrogen-bond donors (Lipinski definition) is 1. The third-order valence-electron chi connectivity index (χ3n) is 3.89. The van der Waals surface area contributed by atoms with Crippen molar-refractivity contribution < 1.29 is 14.8 Å². The zero-order chi connectivity index (χ0) is 14.9. The number of piperidine rings is 1. The molecule has 1 aliphatic rings. The van der Waals surface area contributed by atoms with Crippen molar-refractivity contribution in [1.29, 1.82) is 0 Å². The molecule has 0 aliphatic carbocycles. The second-order valence-corrected chi connectivity index (χ2v) is 5.77. The Morgan fingerprint density at radius 1 is 1.45 bits per heavy atom. The van der Waals surface area contributed by atoms with Crippen molar-refractivity contribution >= 4 is 17.3 Å². The Kier molecular flexibility index (Phi) is 3.65. The number of benzene rings is 1. The summed E-state index contributed by atoms with van der Waals surface area (Å²) in [5, 5.41) is 20.7. The molecule has 0 bridgehead atoms. The smallest absolute Gasteiger partial charge is 0.326 e. The number of carboxylic acid groups (broad SMARTS) is 1. The first-order valence-corrected chi connectivity index (χ1v) is 6.57. The van der Waals surface area contributed by atoms with Crippen LogP contribution in [-0.2, 0) is 4.79 Å². The van der Waals surface area contributed by atoms with Crippen LogP contribution in [0.2, 0.25) is 0 Å². The number of nitro groups is 1. The second kappa shape index (κ2) is 5.11. The Morgan fingerprint density at radius 2 is 2.10 bits per heavy atom. The molecule has 0 saturated carbocycles. The van der Waals surface area contributed by atoms with Crippen LogP contribution in [0.4, 0.5) is 11.4 Å². The summed E-state index contributed by atoms with van der Waals surface area (Å²) in [4.78, 5) is 24.0. The Hall–Kier alpha value is -2.11. The van der Waals surface area contributed by atoms with Gasteiger partial charge in [-0.25, -0.2) is 4.79 Å². The van der Waals surface area contributed by atoms with E-state index in [1.165, 1.54) is 6.07 Å². The lowest BCUT2D eigenvalue weighted by Gasteiger charge is -2.44. The largest absolute Gasteiger partial charge is 0.480 e. The fraction of sp³-hybridized carbons (Fsp3) is 0.500. The molecular formula is C14H18N2O4. The molecule has 1 atom stereocenters. The number of carboxylic acids is 1. The minimum Gasteiger partial charge on any atom is -0.480 e. The molecule has 108 valence electrons. The fourth-order valence-corrected chi connectivity index (χ4v) is 2.98. The van der Waals surface area contributed by atoms with Gasteiger partial charge in [0.2, 0.25) is 0 Å². The molecule has 1 aromatic rings. The van der Waals surface area contributed by atoms with Crippen molar-refractivity contribution in [3.8, 4) is 0 Å². The van der Waals surface area contributed by atoms with Crippen LogP contribution < -0.4 is 4.90 Å². The molecule has 1 saturated heterocycles. The van der Waals surface area contributed by atoms with Crippen LogP contribution in [0.15, 0.2) is 24.3 Å². The van der Waals surface area contributed by atoms with Crippen LogP contribution in [0.3, 0.4) is 0 Å². The third-order valence-corrected chi connectivity index (χ3v) is 3.89. The van der Waals surface area contributed by atoms with Crippen LogP contribution in [0.25, 0.3) is 0 Å². The minimum atomic E-state index is -0.937. The van der Waals surface area contributed by atoms with Crippen molar-refractivity contribution in [2.75, 3.05) is 11.4 Å². The maximum absolute atomic E-state index is 11.6. The van der Waals surface area contributed by atoms with E-state index in [0.717, 1.165) is 12.8 Å². The molecule has 1 unspecified atom stereocenters. The first-order chi connectivity index (χ1) is 9.34. The SMILES string of the molecule is CC1(C)CCCN(c2ccccc2[N+](=O)[O-])C1C(=O)O. The van der Waals surface area contributed by atoms with Gasteiger partial charge in [0.05, 0.1) is 4.92 Å². The predicted octanol–water partition coefficient (Wildman–Crippen LogP) is 2.67. The second-order valence-electron chi connectivity index (χ2n) is 5.77. The van der Waals surface area contributed by atoms with Gasteiger partial charge in [-0.3, -0.25) is 10.1 Å². The van der Waals surface area contributed by atoms with Crippen molar-refractivity contribution in [2.24, 2.45) is 5.41 Å². The molecule has 1 aliphatic heterocycles. The van der Waals surface area contributed by atoms with E-state index >= 15 is 0 Å². The highest BCUT2D eigenvalue weighted by Gasteiger charge is 2.44. The number of rotatable bonds is 3. The Morgan fingerprint density at radius 3 is 2.70 bits per heavy atom. The van der Waals surface area contributed by atoms with E-state index < -0.39 is 22.3 Å². The summed E-state index contributed by atoms with van der Waals surface area (Å²) >= 11 is 0. The summed E-state index contributed by atoms with van der Waals surface area (Å²) in [5.41, 5.74) is -0.0810. The number of hydrogen-bond acceptors (Lipinski definition) is 4. The molecule has 0 amide bonds. The van der Waals surface area contributed by atoms with Gasteiger partial charge < -0.3 is 10.0 Å². The minimum absolute atomic E-state index is 0.0450. The lowest BCUT2D eigenvalue weighted by molar-refractivity contribution is -0.384. The number of aliphatic carboxylic acids is 1. The highest BCUT2D eigenvalue weighted by molar-refractivity contribution is 5.81. The van der Waals surface area contributed by atoms with E-state index in [1.54, 1.807) is 23.1 Å². The van der Waals surface area contributed by atoms with E-state index in [4.69, 9.17) is 0 Å². The van der Waals surface area contributed by atoms with Gasteiger partial charge >= 0.3 is 5.97 Å². The maximum atomic E-state index is 11.6. The third kappa shape index (κ3) is 2.45. The molecule has 0 aromatic heterocycles. The lowest BCUT2D eigenvalue weighted by atomic mass is 9.76. The molecule has 0 spiro atoms. The highest BCUT2D eigenvalue weighted by Crippen LogP contribution is 2.40. The van der Waals surface area contributed by atoms with Gasteiger partial charge in [-0.1, -0.05) is 26.0 Å². The molecule has 1 aromatic carbocycles. The molecule has 1 N–H and O–H groups in total. The van der Waals surface area contributed by atoms with Gasteiger partial charge in [-0.05, 0) is 24.3 Å². The Labute approximate surface area is 117 Å². The molecule has 6 heteroatoms. The normalized spacial score (nSPS) is 21.5. The molecule has 6 nitrogen and oxygen atoms in total. The summed E-state index contributed by atoms with van der Waals surface area (Å²) in [7, 11) is 0. The van der Waals surface area contributed by atoms with E-state index in [0.29, 0.717) is 12.2 Å². The highest BCUT2D eigenvalue weighted by atomic mass is 16.6. The van der Waals surface area contributed by atoms with E-state index in [2.05, 4.69) is 0 Å².